The first kappa shape index (κ1) is 22.8. The number of alkyl halides is 1. The molecule has 2 N–H and O–H groups in total. The minimum absolute atomic E-state index is 0.00721. The van der Waals surface area contributed by atoms with Crippen LogP contribution < -0.4 is 10.6 Å². The molecule has 2 saturated heterocycles. The van der Waals surface area contributed by atoms with Crippen LogP contribution in [-0.2, 0) is 10.4 Å². The largest absolute Gasteiger partial charge is 0.379 e. The Morgan fingerprint density at radius 2 is 1.91 bits per heavy atom. The molecule has 0 spiro atoms. The second-order valence-electron chi connectivity index (χ2n) is 8.67. The van der Waals surface area contributed by atoms with Gasteiger partial charge in [0.05, 0.1) is 12.6 Å². The molecule has 4 rings (SSSR count). The van der Waals surface area contributed by atoms with Crippen LogP contribution in [0.3, 0.4) is 0 Å². The lowest BCUT2D eigenvalue weighted by atomic mass is 9.85. The lowest BCUT2D eigenvalue weighted by Gasteiger charge is -2.37. The molecule has 0 radical (unpaired) electrons. The summed E-state index contributed by atoms with van der Waals surface area (Å²) in [6.07, 6.45) is 6.60. The van der Waals surface area contributed by atoms with Crippen LogP contribution in [0.4, 0.5) is 14.9 Å². The van der Waals surface area contributed by atoms with Crippen LogP contribution in [0.5, 0.6) is 0 Å². The van der Waals surface area contributed by atoms with E-state index in [0.29, 0.717) is 48.7 Å². The number of likely N-dealkylation sites (tertiary alicyclic amines) is 1. The number of halogens is 1. The Kier molecular flexibility index (Phi) is 6.66. The monoisotopic (exact) mass is 449 g/mol. The van der Waals surface area contributed by atoms with Gasteiger partial charge in [-0.2, -0.15) is 0 Å². The summed E-state index contributed by atoms with van der Waals surface area (Å²) >= 11 is 0. The molecule has 2 aliphatic rings. The summed E-state index contributed by atoms with van der Waals surface area (Å²) < 4.78 is 20.8. The number of urea groups is 1. The van der Waals surface area contributed by atoms with E-state index in [4.69, 9.17) is 11.2 Å². The van der Waals surface area contributed by atoms with Gasteiger partial charge in [-0.25, -0.2) is 9.18 Å². The van der Waals surface area contributed by atoms with Gasteiger partial charge >= 0.3 is 6.03 Å². The highest BCUT2D eigenvalue weighted by molar-refractivity contribution is 5.97. The van der Waals surface area contributed by atoms with E-state index in [2.05, 4.69) is 16.6 Å². The Labute approximate surface area is 193 Å². The van der Waals surface area contributed by atoms with E-state index in [1.807, 2.05) is 6.92 Å². The molecular formula is C26H28FN3O3. The second kappa shape index (κ2) is 9.63. The average Bonchev–Trinajstić information content (AvgIpc) is 3.33. The van der Waals surface area contributed by atoms with Crippen molar-refractivity contribution in [2.24, 2.45) is 0 Å². The zero-order chi connectivity index (χ0) is 23.4. The normalized spacial score (nSPS) is 19.5. The number of anilines is 1. The van der Waals surface area contributed by atoms with Crippen LogP contribution in [0, 0.1) is 19.3 Å². The van der Waals surface area contributed by atoms with Gasteiger partial charge in [0, 0.05) is 49.4 Å². The van der Waals surface area contributed by atoms with Crippen LogP contribution in [-0.4, -0.2) is 49.2 Å². The number of carbonyl (C=O) groups excluding carboxylic acids is 2. The molecule has 0 saturated carbocycles. The van der Waals surface area contributed by atoms with Gasteiger partial charge in [-0.3, -0.25) is 4.79 Å². The Morgan fingerprint density at radius 1 is 1.18 bits per heavy atom. The van der Waals surface area contributed by atoms with Crippen molar-refractivity contribution in [3.8, 4) is 12.3 Å². The van der Waals surface area contributed by atoms with Crippen LogP contribution in [0.15, 0.2) is 42.5 Å². The smallest absolute Gasteiger partial charge is 0.319 e. The summed E-state index contributed by atoms with van der Waals surface area (Å²) in [5.74, 6) is 2.36. The van der Waals surface area contributed by atoms with E-state index in [9.17, 15) is 9.59 Å². The van der Waals surface area contributed by atoms with Crippen molar-refractivity contribution in [2.45, 2.75) is 37.9 Å². The molecule has 0 unspecified atom stereocenters. The van der Waals surface area contributed by atoms with Crippen molar-refractivity contribution in [3.63, 3.8) is 0 Å². The van der Waals surface area contributed by atoms with Gasteiger partial charge in [0.15, 0.2) is 0 Å². The molecule has 172 valence electrons. The summed E-state index contributed by atoms with van der Waals surface area (Å²) in [7, 11) is 0. The third kappa shape index (κ3) is 5.18. The fourth-order valence-electron chi connectivity index (χ4n) is 4.28. The minimum atomic E-state index is -1.48. The van der Waals surface area contributed by atoms with E-state index >= 15 is 4.39 Å². The number of piperidine rings is 1. The Bertz CT molecular complexity index is 1060. The summed E-state index contributed by atoms with van der Waals surface area (Å²) in [6.45, 7) is 3.63. The summed E-state index contributed by atoms with van der Waals surface area (Å²) in [4.78, 5) is 27.1. The highest BCUT2D eigenvalue weighted by atomic mass is 19.1. The highest BCUT2D eigenvalue weighted by Crippen LogP contribution is 2.37. The molecule has 0 bridgehead atoms. The third-order valence-corrected chi connectivity index (χ3v) is 6.41. The van der Waals surface area contributed by atoms with Crippen LogP contribution >= 0.6 is 0 Å². The van der Waals surface area contributed by atoms with Gasteiger partial charge in [0.2, 0.25) is 0 Å². The molecule has 0 aromatic heterocycles. The summed E-state index contributed by atoms with van der Waals surface area (Å²) in [5, 5.41) is 5.70. The van der Waals surface area contributed by atoms with E-state index in [1.54, 1.807) is 47.4 Å². The number of aryl methyl sites for hydroxylation is 1. The quantitative estimate of drug-likeness (QED) is 0.694. The molecule has 2 heterocycles. The van der Waals surface area contributed by atoms with Crippen LogP contribution in [0.1, 0.15) is 46.3 Å². The van der Waals surface area contributed by atoms with Gasteiger partial charge in [-0.1, -0.05) is 24.1 Å². The van der Waals surface area contributed by atoms with Crippen LogP contribution in [0.2, 0.25) is 0 Å². The van der Waals surface area contributed by atoms with Gasteiger partial charge in [-0.05, 0) is 48.7 Å². The fourth-order valence-corrected chi connectivity index (χ4v) is 4.28. The maximum atomic E-state index is 15.6. The van der Waals surface area contributed by atoms with Crippen molar-refractivity contribution in [3.05, 3.63) is 64.7 Å². The number of nitrogens with one attached hydrogen (secondary N) is 2. The van der Waals surface area contributed by atoms with E-state index < -0.39 is 5.67 Å². The Balaban J connectivity index is 1.39. The number of benzene rings is 2. The van der Waals surface area contributed by atoms with Crippen molar-refractivity contribution in [2.75, 3.05) is 31.6 Å². The summed E-state index contributed by atoms with van der Waals surface area (Å²) in [5.41, 5.74) is 1.71. The average molecular weight is 450 g/mol. The molecule has 7 heteroatoms. The lowest BCUT2D eigenvalue weighted by Crippen LogP contribution is -2.43. The van der Waals surface area contributed by atoms with Gasteiger partial charge in [-0.15, -0.1) is 6.42 Å². The zero-order valence-electron chi connectivity index (χ0n) is 18.7. The number of nitrogens with zero attached hydrogens (tertiary/aromatic N) is 1. The molecule has 0 aliphatic carbocycles. The predicted octanol–water partition coefficient (Wildman–Crippen LogP) is 3.99. The molecule has 2 aromatic rings. The number of ether oxygens (including phenoxy) is 1. The van der Waals surface area contributed by atoms with Crippen molar-refractivity contribution < 1.29 is 18.7 Å². The maximum absolute atomic E-state index is 15.6. The Hall–Kier alpha value is -3.37. The lowest BCUT2D eigenvalue weighted by molar-refractivity contribution is 0.0421. The first-order chi connectivity index (χ1) is 15.9. The van der Waals surface area contributed by atoms with Crippen molar-refractivity contribution in [1.82, 2.24) is 10.2 Å². The first-order valence-corrected chi connectivity index (χ1v) is 11.2. The Morgan fingerprint density at radius 3 is 2.55 bits per heavy atom. The number of terminal acetylenes is 1. The van der Waals surface area contributed by atoms with E-state index in [0.717, 1.165) is 12.0 Å². The zero-order valence-corrected chi connectivity index (χ0v) is 18.7. The first-order valence-electron chi connectivity index (χ1n) is 11.2. The van der Waals surface area contributed by atoms with Crippen LogP contribution in [0.25, 0.3) is 0 Å². The topological polar surface area (TPSA) is 70.7 Å². The standard InChI is InChI=1S/C26H28FN3O3/c1-3-19-5-8-21(9-6-19)26(27)11-13-30(14-12-26)24(31)20-7-4-18(2)23(16-20)29-25(32)28-22-10-15-33-17-22/h1,4-9,16,22H,10-15,17H2,2H3,(H2,28,29,32)/t22-/m1/s1. The molecule has 1 atom stereocenters. The molecule has 2 aliphatic heterocycles. The molecule has 2 fully saturated rings. The van der Waals surface area contributed by atoms with E-state index in [-0.39, 0.29) is 30.8 Å². The van der Waals surface area contributed by atoms with E-state index in [1.165, 1.54) is 0 Å². The molecule has 33 heavy (non-hydrogen) atoms. The number of hydrogen-bond acceptors (Lipinski definition) is 3. The van der Waals surface area contributed by atoms with Gasteiger partial charge < -0.3 is 20.3 Å². The highest BCUT2D eigenvalue weighted by Gasteiger charge is 2.37. The predicted molar refractivity (Wildman–Crippen MR) is 125 cm³/mol. The van der Waals surface area contributed by atoms with Crippen molar-refractivity contribution >= 4 is 17.6 Å². The summed E-state index contributed by atoms with van der Waals surface area (Å²) in [6, 6.07) is 11.8. The van der Waals surface area contributed by atoms with Gasteiger partial charge in [0.1, 0.15) is 5.67 Å². The second-order valence-corrected chi connectivity index (χ2v) is 8.67. The SMILES string of the molecule is C#Cc1ccc(C2(F)CCN(C(=O)c3ccc(C)c(NC(=O)N[C@@H]4CCOC4)c3)CC2)cc1. The third-order valence-electron chi connectivity index (χ3n) is 6.41. The maximum Gasteiger partial charge on any atom is 0.319 e. The fraction of sp³-hybridized carbons (Fsp3) is 0.385. The number of rotatable bonds is 4. The minimum Gasteiger partial charge on any atom is -0.379 e. The molecule has 3 amide bonds. The molecule has 2 aromatic carbocycles. The number of carbonyl (C=O) groups is 2. The molecular weight excluding hydrogens is 421 g/mol. The number of hydrogen-bond donors (Lipinski definition) is 2. The van der Waals surface area contributed by atoms with Gasteiger partial charge in [0.25, 0.3) is 5.91 Å². The number of amides is 3. The van der Waals surface area contributed by atoms with Crippen molar-refractivity contribution in [1.29, 1.82) is 0 Å². The molecule has 6 nitrogen and oxygen atoms in total.